The summed E-state index contributed by atoms with van der Waals surface area (Å²) < 4.78 is 6.67. The molecule has 0 aromatic heterocycles. The molecule has 0 unspecified atom stereocenters. The molecule has 19 heavy (non-hydrogen) atoms. The highest BCUT2D eigenvalue weighted by molar-refractivity contribution is 9.10. The van der Waals surface area contributed by atoms with Crippen LogP contribution in [-0.4, -0.2) is 0 Å². The molecule has 0 saturated heterocycles. The van der Waals surface area contributed by atoms with Gasteiger partial charge in [-0.25, -0.2) is 0 Å². The van der Waals surface area contributed by atoms with Crippen molar-refractivity contribution < 1.29 is 4.74 Å². The van der Waals surface area contributed by atoms with Crippen LogP contribution in [0.25, 0.3) is 0 Å². The summed E-state index contributed by atoms with van der Waals surface area (Å²) in [6, 6.07) is 13.5. The maximum absolute atomic E-state index is 5.93. The zero-order valence-corrected chi connectivity index (χ0v) is 12.9. The average Bonchev–Trinajstić information content (AvgIpc) is 2.37. The van der Waals surface area contributed by atoms with Crippen LogP contribution in [0.4, 0.5) is 0 Å². The molecule has 0 heterocycles. The van der Waals surface area contributed by atoms with Gasteiger partial charge in [-0.15, -0.1) is 0 Å². The van der Waals surface area contributed by atoms with Gasteiger partial charge in [0.2, 0.25) is 0 Å². The van der Waals surface area contributed by atoms with Gasteiger partial charge < -0.3 is 10.5 Å². The van der Waals surface area contributed by atoms with Crippen molar-refractivity contribution >= 4 is 27.5 Å². The van der Waals surface area contributed by atoms with Crippen LogP contribution in [0.2, 0.25) is 5.02 Å². The van der Waals surface area contributed by atoms with Gasteiger partial charge in [0, 0.05) is 11.1 Å². The standard InChI is InChI=1S/C15H15BrClNO/c1-10(18)12-5-6-15(14(16)8-12)19-9-11-3-2-4-13(17)7-11/h2-8,10H,9,18H2,1H3/t10-/m1/s1. The van der Waals surface area contributed by atoms with Crippen molar-refractivity contribution in [1.29, 1.82) is 0 Å². The normalized spacial score (nSPS) is 12.2. The molecular formula is C15H15BrClNO. The molecule has 0 aliphatic heterocycles. The molecule has 2 nitrogen and oxygen atoms in total. The van der Waals surface area contributed by atoms with Gasteiger partial charge in [0.1, 0.15) is 12.4 Å². The molecule has 0 saturated carbocycles. The third kappa shape index (κ3) is 3.96. The summed E-state index contributed by atoms with van der Waals surface area (Å²) in [5.41, 5.74) is 7.95. The summed E-state index contributed by atoms with van der Waals surface area (Å²) in [5.74, 6) is 0.796. The first-order chi connectivity index (χ1) is 9.06. The van der Waals surface area contributed by atoms with Crippen molar-refractivity contribution in [3.05, 3.63) is 63.1 Å². The van der Waals surface area contributed by atoms with Gasteiger partial charge in [0.15, 0.2) is 0 Å². The van der Waals surface area contributed by atoms with Crippen LogP contribution in [0.1, 0.15) is 24.1 Å². The Morgan fingerprint density at radius 3 is 2.68 bits per heavy atom. The summed E-state index contributed by atoms with van der Waals surface area (Å²) in [4.78, 5) is 0. The minimum Gasteiger partial charge on any atom is -0.488 e. The van der Waals surface area contributed by atoms with E-state index in [-0.39, 0.29) is 6.04 Å². The fourth-order valence-electron chi connectivity index (χ4n) is 1.71. The second-order valence-corrected chi connectivity index (χ2v) is 5.69. The van der Waals surface area contributed by atoms with E-state index in [2.05, 4.69) is 15.9 Å². The van der Waals surface area contributed by atoms with Crippen LogP contribution in [0.3, 0.4) is 0 Å². The summed E-state index contributed by atoms with van der Waals surface area (Å²) in [6.07, 6.45) is 0. The molecule has 0 fully saturated rings. The van der Waals surface area contributed by atoms with E-state index in [9.17, 15) is 0 Å². The molecule has 0 amide bonds. The van der Waals surface area contributed by atoms with Gasteiger partial charge in [-0.3, -0.25) is 0 Å². The zero-order valence-electron chi connectivity index (χ0n) is 10.6. The highest BCUT2D eigenvalue weighted by Crippen LogP contribution is 2.28. The Morgan fingerprint density at radius 1 is 1.26 bits per heavy atom. The van der Waals surface area contributed by atoms with Crippen molar-refractivity contribution in [2.75, 3.05) is 0 Å². The number of halogens is 2. The molecule has 0 aliphatic rings. The Kier molecular flexibility index (Phi) is 4.86. The van der Waals surface area contributed by atoms with E-state index in [1.54, 1.807) is 0 Å². The van der Waals surface area contributed by atoms with Crippen LogP contribution >= 0.6 is 27.5 Å². The molecule has 100 valence electrons. The predicted molar refractivity (Wildman–Crippen MR) is 82.5 cm³/mol. The molecule has 0 spiro atoms. The quantitative estimate of drug-likeness (QED) is 0.875. The molecule has 2 N–H and O–H groups in total. The molecule has 1 atom stereocenters. The zero-order chi connectivity index (χ0) is 13.8. The lowest BCUT2D eigenvalue weighted by Crippen LogP contribution is -2.05. The van der Waals surface area contributed by atoms with Crippen LogP contribution in [0.15, 0.2) is 46.9 Å². The number of rotatable bonds is 4. The Balaban J connectivity index is 2.07. The minimum atomic E-state index is 0.0123. The number of benzene rings is 2. The molecule has 2 aromatic rings. The lowest BCUT2D eigenvalue weighted by molar-refractivity contribution is 0.304. The first-order valence-corrected chi connectivity index (χ1v) is 7.15. The Hall–Kier alpha value is -1.03. The highest BCUT2D eigenvalue weighted by Gasteiger charge is 2.06. The molecule has 2 rings (SSSR count). The maximum atomic E-state index is 5.93. The van der Waals surface area contributed by atoms with Gasteiger partial charge in [-0.1, -0.05) is 29.8 Å². The van der Waals surface area contributed by atoms with Crippen LogP contribution in [-0.2, 0) is 6.61 Å². The lowest BCUT2D eigenvalue weighted by atomic mass is 10.1. The van der Waals surface area contributed by atoms with Crippen molar-refractivity contribution in [3.63, 3.8) is 0 Å². The van der Waals surface area contributed by atoms with E-state index < -0.39 is 0 Å². The lowest BCUT2D eigenvalue weighted by Gasteiger charge is -2.11. The van der Waals surface area contributed by atoms with E-state index in [1.807, 2.05) is 49.4 Å². The van der Waals surface area contributed by atoms with E-state index in [0.29, 0.717) is 11.6 Å². The van der Waals surface area contributed by atoms with E-state index in [0.717, 1.165) is 21.3 Å². The van der Waals surface area contributed by atoms with Gasteiger partial charge in [-0.2, -0.15) is 0 Å². The summed E-state index contributed by atoms with van der Waals surface area (Å²) in [7, 11) is 0. The number of nitrogens with two attached hydrogens (primary N) is 1. The third-order valence-electron chi connectivity index (χ3n) is 2.77. The SMILES string of the molecule is C[C@@H](N)c1ccc(OCc2cccc(Cl)c2)c(Br)c1. The van der Waals surface area contributed by atoms with Crippen molar-refractivity contribution in [3.8, 4) is 5.75 Å². The number of hydrogen-bond donors (Lipinski definition) is 1. The topological polar surface area (TPSA) is 35.2 Å². The minimum absolute atomic E-state index is 0.0123. The molecule has 4 heteroatoms. The molecular weight excluding hydrogens is 326 g/mol. The van der Waals surface area contributed by atoms with Gasteiger partial charge in [-0.05, 0) is 58.2 Å². The smallest absolute Gasteiger partial charge is 0.134 e. The maximum Gasteiger partial charge on any atom is 0.134 e. The van der Waals surface area contributed by atoms with Crippen molar-refractivity contribution in [2.24, 2.45) is 5.73 Å². The van der Waals surface area contributed by atoms with Gasteiger partial charge in [0.25, 0.3) is 0 Å². The van der Waals surface area contributed by atoms with Crippen molar-refractivity contribution in [2.45, 2.75) is 19.6 Å². The Bertz CT molecular complexity index is 572. The molecule has 0 bridgehead atoms. The number of hydrogen-bond acceptors (Lipinski definition) is 2. The van der Waals surface area contributed by atoms with E-state index in [4.69, 9.17) is 22.1 Å². The third-order valence-corrected chi connectivity index (χ3v) is 3.62. The monoisotopic (exact) mass is 339 g/mol. The summed E-state index contributed by atoms with van der Waals surface area (Å²) in [5, 5.41) is 0.715. The first-order valence-electron chi connectivity index (χ1n) is 5.98. The number of ether oxygens (including phenoxy) is 1. The fourth-order valence-corrected chi connectivity index (χ4v) is 2.43. The summed E-state index contributed by atoms with van der Waals surface area (Å²) in [6.45, 7) is 2.44. The Labute approximate surface area is 126 Å². The van der Waals surface area contributed by atoms with E-state index in [1.165, 1.54) is 0 Å². The average molecular weight is 341 g/mol. The first kappa shape index (κ1) is 14.4. The van der Waals surface area contributed by atoms with Crippen molar-refractivity contribution in [1.82, 2.24) is 0 Å². The predicted octanol–water partition coefficient (Wildman–Crippen LogP) is 4.70. The molecule has 2 aromatic carbocycles. The van der Waals surface area contributed by atoms with Gasteiger partial charge in [0.05, 0.1) is 4.47 Å². The van der Waals surface area contributed by atoms with Gasteiger partial charge >= 0.3 is 0 Å². The largest absolute Gasteiger partial charge is 0.488 e. The van der Waals surface area contributed by atoms with E-state index >= 15 is 0 Å². The highest BCUT2D eigenvalue weighted by atomic mass is 79.9. The van der Waals surface area contributed by atoms with Crippen LogP contribution < -0.4 is 10.5 Å². The molecule has 0 radical (unpaired) electrons. The van der Waals surface area contributed by atoms with Crippen LogP contribution in [0.5, 0.6) is 5.75 Å². The second-order valence-electron chi connectivity index (χ2n) is 4.40. The molecule has 0 aliphatic carbocycles. The fraction of sp³-hybridized carbons (Fsp3) is 0.200. The van der Waals surface area contributed by atoms with Crippen LogP contribution in [0, 0.1) is 0 Å². The summed E-state index contributed by atoms with van der Waals surface area (Å²) >= 11 is 9.43. The second kappa shape index (κ2) is 6.42. The Morgan fingerprint density at radius 2 is 2.05 bits per heavy atom.